The van der Waals surface area contributed by atoms with Crippen LogP contribution < -0.4 is 15.0 Å². The van der Waals surface area contributed by atoms with Crippen LogP contribution in [0.15, 0.2) is 54.9 Å². The maximum absolute atomic E-state index is 12.2. The summed E-state index contributed by atoms with van der Waals surface area (Å²) in [7, 11) is 0. The van der Waals surface area contributed by atoms with Gasteiger partial charge in [-0.05, 0) is 24.6 Å². The number of hydrogen-bond donors (Lipinski definition) is 1. The minimum Gasteiger partial charge on any atom is -0.436 e. The Bertz CT molecular complexity index is 735. The third kappa shape index (κ3) is 3.74. The van der Waals surface area contributed by atoms with Gasteiger partial charge in [-0.1, -0.05) is 12.1 Å². The summed E-state index contributed by atoms with van der Waals surface area (Å²) in [6.45, 7) is 1.73. The molecule has 0 spiro atoms. The van der Waals surface area contributed by atoms with Gasteiger partial charge in [-0.3, -0.25) is 4.84 Å². The van der Waals surface area contributed by atoms with Crippen molar-refractivity contribution in [2.45, 2.75) is 18.9 Å². The van der Waals surface area contributed by atoms with Crippen molar-refractivity contribution in [1.82, 2.24) is 15.4 Å². The van der Waals surface area contributed by atoms with Crippen LogP contribution >= 0.6 is 0 Å². The number of alkyl halides is 3. The second kappa shape index (κ2) is 6.00. The first-order chi connectivity index (χ1) is 11.3. The van der Waals surface area contributed by atoms with Gasteiger partial charge in [-0.15, -0.1) is 13.2 Å². The Hall–Kier alpha value is -2.81. The highest BCUT2D eigenvalue weighted by Crippen LogP contribution is 2.33. The van der Waals surface area contributed by atoms with E-state index in [4.69, 9.17) is 9.57 Å². The molecule has 6 nitrogen and oxygen atoms in total. The lowest BCUT2D eigenvalue weighted by Crippen LogP contribution is -2.23. The van der Waals surface area contributed by atoms with E-state index in [1.165, 1.54) is 43.0 Å². The Morgan fingerprint density at radius 3 is 2.38 bits per heavy atom. The van der Waals surface area contributed by atoms with Crippen molar-refractivity contribution in [2.75, 3.05) is 0 Å². The highest BCUT2D eigenvalue weighted by molar-refractivity contribution is 5.35. The molecule has 1 N–H and O–H groups in total. The minimum absolute atomic E-state index is 0.303. The standard InChI is InChI=1S/C15H12F3N3O3/c1-14(10-2-4-11(5-3-10)23-15(16,17)18)6-13(21-24-14)22-12-7-19-9-20-8-12/h2-9,21H,1H3/t14-/m1/s1. The van der Waals surface area contributed by atoms with Gasteiger partial charge >= 0.3 is 6.36 Å². The Balaban J connectivity index is 1.74. The molecule has 0 radical (unpaired) electrons. The molecule has 24 heavy (non-hydrogen) atoms. The molecule has 1 aliphatic rings. The molecular formula is C15H12F3N3O3. The number of halogens is 3. The Morgan fingerprint density at radius 2 is 1.75 bits per heavy atom. The van der Waals surface area contributed by atoms with E-state index in [2.05, 4.69) is 20.2 Å². The van der Waals surface area contributed by atoms with Crippen molar-refractivity contribution in [1.29, 1.82) is 0 Å². The van der Waals surface area contributed by atoms with Crippen LogP contribution in [0.5, 0.6) is 11.5 Å². The van der Waals surface area contributed by atoms with Gasteiger partial charge in [-0.25, -0.2) is 15.4 Å². The summed E-state index contributed by atoms with van der Waals surface area (Å²) >= 11 is 0. The quantitative estimate of drug-likeness (QED) is 0.924. The summed E-state index contributed by atoms with van der Waals surface area (Å²) < 4.78 is 45.9. The molecule has 1 aliphatic heterocycles. The molecule has 0 amide bonds. The van der Waals surface area contributed by atoms with E-state index in [0.717, 1.165) is 0 Å². The number of benzene rings is 1. The van der Waals surface area contributed by atoms with E-state index in [-0.39, 0.29) is 5.75 Å². The second-order valence-electron chi connectivity index (χ2n) is 5.07. The monoisotopic (exact) mass is 339 g/mol. The van der Waals surface area contributed by atoms with Crippen LogP contribution in [0.4, 0.5) is 13.2 Å². The fraction of sp³-hybridized carbons (Fsp3) is 0.200. The van der Waals surface area contributed by atoms with Crippen molar-refractivity contribution >= 4 is 0 Å². The Morgan fingerprint density at radius 1 is 1.08 bits per heavy atom. The van der Waals surface area contributed by atoms with Gasteiger partial charge in [0.25, 0.3) is 0 Å². The fourth-order valence-corrected chi connectivity index (χ4v) is 2.11. The molecule has 2 heterocycles. The first-order valence-corrected chi connectivity index (χ1v) is 6.80. The van der Waals surface area contributed by atoms with Crippen LogP contribution in [-0.2, 0) is 10.4 Å². The number of rotatable bonds is 4. The first-order valence-electron chi connectivity index (χ1n) is 6.80. The van der Waals surface area contributed by atoms with E-state index in [0.29, 0.717) is 17.2 Å². The normalized spacial score (nSPS) is 20.2. The van der Waals surface area contributed by atoms with E-state index in [1.54, 1.807) is 13.0 Å². The highest BCUT2D eigenvalue weighted by atomic mass is 19.4. The zero-order chi connectivity index (χ0) is 17.2. The summed E-state index contributed by atoms with van der Waals surface area (Å²) in [5.74, 6) is 0.434. The van der Waals surface area contributed by atoms with Crippen LogP contribution in [0.3, 0.4) is 0 Å². The molecule has 0 unspecified atom stereocenters. The maximum Gasteiger partial charge on any atom is 0.573 e. The lowest BCUT2D eigenvalue weighted by Gasteiger charge is -2.20. The topological polar surface area (TPSA) is 65.5 Å². The Kier molecular flexibility index (Phi) is 4.02. The molecule has 9 heteroatoms. The predicted molar refractivity (Wildman–Crippen MR) is 75.4 cm³/mol. The van der Waals surface area contributed by atoms with Crippen LogP contribution in [0.1, 0.15) is 12.5 Å². The van der Waals surface area contributed by atoms with Gasteiger partial charge in [0, 0.05) is 6.08 Å². The van der Waals surface area contributed by atoms with Gasteiger partial charge < -0.3 is 9.47 Å². The maximum atomic E-state index is 12.2. The third-order valence-corrected chi connectivity index (χ3v) is 3.20. The molecular weight excluding hydrogens is 327 g/mol. The summed E-state index contributed by atoms with van der Waals surface area (Å²) in [4.78, 5) is 13.1. The fourth-order valence-electron chi connectivity index (χ4n) is 2.11. The largest absolute Gasteiger partial charge is 0.573 e. The predicted octanol–water partition coefficient (Wildman–Crippen LogP) is 3.05. The zero-order valence-electron chi connectivity index (χ0n) is 12.4. The Labute approximate surface area is 134 Å². The van der Waals surface area contributed by atoms with E-state index < -0.39 is 12.0 Å². The number of ether oxygens (including phenoxy) is 2. The second-order valence-corrected chi connectivity index (χ2v) is 5.07. The van der Waals surface area contributed by atoms with Gasteiger partial charge in [0.05, 0.1) is 12.4 Å². The lowest BCUT2D eigenvalue weighted by atomic mass is 9.96. The molecule has 0 bridgehead atoms. The van der Waals surface area contributed by atoms with Crippen LogP contribution in [0, 0.1) is 0 Å². The molecule has 0 saturated carbocycles. The van der Waals surface area contributed by atoms with Crippen LogP contribution in [0.2, 0.25) is 0 Å². The van der Waals surface area contributed by atoms with Crippen molar-refractivity contribution in [3.8, 4) is 11.5 Å². The smallest absolute Gasteiger partial charge is 0.436 e. The average Bonchev–Trinajstić information content (AvgIpc) is 2.90. The molecule has 126 valence electrons. The SMILES string of the molecule is C[C@]1(c2ccc(OC(F)(F)F)cc2)C=C(Oc2cncnc2)NO1. The van der Waals surface area contributed by atoms with Crippen molar-refractivity contribution in [3.05, 3.63) is 60.5 Å². The summed E-state index contributed by atoms with van der Waals surface area (Å²) in [5, 5.41) is 0. The molecule has 0 aliphatic carbocycles. The molecule has 0 saturated heterocycles. The molecule has 0 fully saturated rings. The number of nitrogens with one attached hydrogen (secondary N) is 1. The van der Waals surface area contributed by atoms with E-state index in [9.17, 15) is 13.2 Å². The zero-order valence-corrected chi connectivity index (χ0v) is 12.4. The van der Waals surface area contributed by atoms with E-state index >= 15 is 0 Å². The number of hydrogen-bond acceptors (Lipinski definition) is 6. The van der Waals surface area contributed by atoms with Gasteiger partial charge in [0.1, 0.15) is 17.7 Å². The number of aromatic nitrogens is 2. The van der Waals surface area contributed by atoms with Crippen molar-refractivity contribution in [3.63, 3.8) is 0 Å². The number of hydroxylamine groups is 1. The highest BCUT2D eigenvalue weighted by Gasteiger charge is 2.34. The molecule has 2 aromatic rings. The van der Waals surface area contributed by atoms with E-state index in [1.807, 2.05) is 0 Å². The number of nitrogens with zero attached hydrogens (tertiary/aromatic N) is 2. The van der Waals surface area contributed by atoms with Gasteiger partial charge in [0.2, 0.25) is 5.88 Å². The van der Waals surface area contributed by atoms with Gasteiger partial charge in [0.15, 0.2) is 5.75 Å². The average molecular weight is 339 g/mol. The van der Waals surface area contributed by atoms with Crippen LogP contribution in [-0.4, -0.2) is 16.3 Å². The molecule has 1 aromatic heterocycles. The van der Waals surface area contributed by atoms with Crippen LogP contribution in [0.25, 0.3) is 0 Å². The van der Waals surface area contributed by atoms with Gasteiger partial charge in [-0.2, -0.15) is 0 Å². The molecule has 1 aromatic carbocycles. The molecule has 1 atom stereocenters. The van der Waals surface area contributed by atoms with Crippen molar-refractivity contribution < 1.29 is 27.5 Å². The minimum atomic E-state index is -4.73. The lowest BCUT2D eigenvalue weighted by molar-refractivity contribution is -0.274. The third-order valence-electron chi connectivity index (χ3n) is 3.20. The summed E-state index contributed by atoms with van der Waals surface area (Å²) in [6, 6.07) is 5.39. The summed E-state index contributed by atoms with van der Waals surface area (Å²) in [5.41, 5.74) is 2.32. The summed E-state index contributed by atoms with van der Waals surface area (Å²) in [6.07, 6.45) is 1.26. The molecule has 3 rings (SSSR count). The first kappa shape index (κ1) is 16.1. The van der Waals surface area contributed by atoms with Crippen molar-refractivity contribution in [2.24, 2.45) is 0 Å².